The number of para-hydroxylation sites is 1. The number of nitrogens with one attached hydrogen (secondary N) is 1. The molecule has 0 saturated heterocycles. The van der Waals surface area contributed by atoms with Gasteiger partial charge in [0.15, 0.2) is 0 Å². The predicted molar refractivity (Wildman–Crippen MR) is 82.1 cm³/mol. The molecule has 0 aromatic heterocycles. The van der Waals surface area contributed by atoms with Crippen LogP contribution in [0.3, 0.4) is 0 Å². The van der Waals surface area contributed by atoms with Crippen LogP contribution in [0.25, 0.3) is 0 Å². The van der Waals surface area contributed by atoms with Crippen molar-refractivity contribution in [1.29, 1.82) is 0 Å². The summed E-state index contributed by atoms with van der Waals surface area (Å²) in [5.74, 6) is -0.310. The van der Waals surface area contributed by atoms with Gasteiger partial charge in [0.25, 0.3) is 0 Å². The van der Waals surface area contributed by atoms with E-state index in [2.05, 4.69) is 5.32 Å². The van der Waals surface area contributed by atoms with E-state index in [1.54, 1.807) is 44.2 Å². The summed E-state index contributed by atoms with van der Waals surface area (Å²) in [6.07, 6.45) is -0.0929. The van der Waals surface area contributed by atoms with Crippen LogP contribution < -0.4 is 5.32 Å². The number of aromatic hydroxyl groups is 1. The molecule has 21 heavy (non-hydrogen) atoms. The second-order valence-corrected chi connectivity index (χ2v) is 5.34. The number of amides is 1. The zero-order valence-corrected chi connectivity index (χ0v) is 12.1. The summed E-state index contributed by atoms with van der Waals surface area (Å²) in [4.78, 5) is 12.1. The van der Waals surface area contributed by atoms with Gasteiger partial charge in [0.05, 0.1) is 17.7 Å². The van der Waals surface area contributed by atoms with Crippen molar-refractivity contribution >= 4 is 11.6 Å². The number of aryl methyl sites for hydroxylation is 1. The number of carbonyl (C=O) groups excluding carboxylic acids is 1. The molecule has 0 radical (unpaired) electrons. The monoisotopic (exact) mass is 285 g/mol. The van der Waals surface area contributed by atoms with Crippen molar-refractivity contribution in [2.24, 2.45) is 0 Å². The zero-order chi connectivity index (χ0) is 15.5. The van der Waals surface area contributed by atoms with Crippen LogP contribution in [0, 0.1) is 6.92 Å². The molecular weight excluding hydrogens is 266 g/mol. The zero-order valence-electron chi connectivity index (χ0n) is 12.1. The Labute approximate surface area is 124 Å². The third-order valence-electron chi connectivity index (χ3n) is 3.41. The molecule has 0 aliphatic heterocycles. The topological polar surface area (TPSA) is 69.6 Å². The molecule has 1 amide bonds. The van der Waals surface area contributed by atoms with Crippen LogP contribution >= 0.6 is 0 Å². The maximum Gasteiger partial charge on any atom is 0.227 e. The van der Waals surface area contributed by atoms with Crippen molar-refractivity contribution in [2.75, 3.05) is 5.32 Å². The Kier molecular flexibility index (Phi) is 4.29. The summed E-state index contributed by atoms with van der Waals surface area (Å²) in [5.41, 5.74) is 0.449. The maximum absolute atomic E-state index is 12.1. The molecule has 1 unspecified atom stereocenters. The van der Waals surface area contributed by atoms with Crippen molar-refractivity contribution in [2.45, 2.75) is 25.9 Å². The first kappa shape index (κ1) is 15.1. The predicted octanol–water partition coefficient (Wildman–Crippen LogP) is 2.94. The fourth-order valence-electron chi connectivity index (χ4n) is 2.17. The number of hydrogen-bond acceptors (Lipinski definition) is 3. The van der Waals surface area contributed by atoms with Gasteiger partial charge >= 0.3 is 0 Å². The molecule has 0 bridgehead atoms. The standard InChI is InChI=1S/C17H19NO3/c1-12-7-6-10-14(16(12)20)18-15(19)11-17(2,21)13-8-4-3-5-9-13/h3-10,20-21H,11H2,1-2H3,(H,18,19). The average Bonchev–Trinajstić information content (AvgIpc) is 2.44. The first-order valence-corrected chi connectivity index (χ1v) is 6.76. The van der Waals surface area contributed by atoms with Crippen LogP contribution in [-0.2, 0) is 10.4 Å². The Hall–Kier alpha value is -2.33. The van der Waals surface area contributed by atoms with E-state index in [9.17, 15) is 15.0 Å². The van der Waals surface area contributed by atoms with Crippen molar-refractivity contribution in [3.63, 3.8) is 0 Å². The molecule has 0 heterocycles. The summed E-state index contributed by atoms with van der Waals surface area (Å²) < 4.78 is 0. The Bertz CT molecular complexity index is 636. The second kappa shape index (κ2) is 5.97. The molecule has 0 aliphatic rings. The van der Waals surface area contributed by atoms with Gasteiger partial charge in [-0.3, -0.25) is 4.79 Å². The highest BCUT2D eigenvalue weighted by Gasteiger charge is 2.26. The molecule has 110 valence electrons. The Morgan fingerprint density at radius 2 is 1.81 bits per heavy atom. The SMILES string of the molecule is Cc1cccc(NC(=O)CC(C)(O)c2ccccc2)c1O. The van der Waals surface area contributed by atoms with E-state index in [0.29, 0.717) is 16.8 Å². The number of hydrogen-bond donors (Lipinski definition) is 3. The quantitative estimate of drug-likeness (QED) is 0.756. The molecule has 2 rings (SSSR count). The van der Waals surface area contributed by atoms with Crippen LogP contribution in [0.1, 0.15) is 24.5 Å². The molecule has 2 aromatic rings. The summed E-state index contributed by atoms with van der Waals surface area (Å²) in [6, 6.07) is 14.2. The highest BCUT2D eigenvalue weighted by Crippen LogP contribution is 2.28. The van der Waals surface area contributed by atoms with Gasteiger partial charge in [0.2, 0.25) is 5.91 Å². The van der Waals surface area contributed by atoms with Gasteiger partial charge in [-0.2, -0.15) is 0 Å². The molecule has 0 fully saturated rings. The minimum Gasteiger partial charge on any atom is -0.505 e. The van der Waals surface area contributed by atoms with Crippen LogP contribution in [0.15, 0.2) is 48.5 Å². The molecule has 0 saturated carbocycles. The molecule has 4 nitrogen and oxygen atoms in total. The number of aliphatic hydroxyl groups is 1. The van der Waals surface area contributed by atoms with Crippen LogP contribution in [0.2, 0.25) is 0 Å². The lowest BCUT2D eigenvalue weighted by atomic mass is 9.92. The Balaban J connectivity index is 2.10. The van der Waals surface area contributed by atoms with E-state index >= 15 is 0 Å². The first-order chi connectivity index (χ1) is 9.90. The van der Waals surface area contributed by atoms with Crippen molar-refractivity contribution in [3.8, 4) is 5.75 Å². The van der Waals surface area contributed by atoms with E-state index in [-0.39, 0.29) is 18.1 Å². The van der Waals surface area contributed by atoms with E-state index < -0.39 is 5.60 Å². The molecule has 2 aromatic carbocycles. The second-order valence-electron chi connectivity index (χ2n) is 5.34. The maximum atomic E-state index is 12.1. The van der Waals surface area contributed by atoms with Gasteiger partial charge in [-0.1, -0.05) is 42.5 Å². The van der Waals surface area contributed by atoms with Gasteiger partial charge < -0.3 is 15.5 Å². The molecule has 4 heteroatoms. The highest BCUT2D eigenvalue weighted by molar-refractivity contribution is 5.93. The lowest BCUT2D eigenvalue weighted by Crippen LogP contribution is -2.28. The summed E-state index contributed by atoms with van der Waals surface area (Å²) in [6.45, 7) is 3.35. The van der Waals surface area contributed by atoms with Crippen LogP contribution in [0.4, 0.5) is 5.69 Å². The molecule has 3 N–H and O–H groups in total. The Morgan fingerprint density at radius 1 is 1.14 bits per heavy atom. The van der Waals surface area contributed by atoms with Gasteiger partial charge in [0.1, 0.15) is 5.75 Å². The van der Waals surface area contributed by atoms with E-state index in [1.807, 2.05) is 18.2 Å². The fourth-order valence-corrected chi connectivity index (χ4v) is 2.17. The number of anilines is 1. The van der Waals surface area contributed by atoms with Gasteiger partial charge in [-0.15, -0.1) is 0 Å². The largest absolute Gasteiger partial charge is 0.505 e. The first-order valence-electron chi connectivity index (χ1n) is 6.76. The number of benzene rings is 2. The minimum atomic E-state index is -1.26. The smallest absolute Gasteiger partial charge is 0.227 e. The van der Waals surface area contributed by atoms with E-state index in [1.165, 1.54) is 0 Å². The lowest BCUT2D eigenvalue weighted by molar-refractivity contribution is -0.120. The fraction of sp³-hybridized carbons (Fsp3) is 0.235. The summed E-state index contributed by atoms with van der Waals surface area (Å²) in [5, 5.41) is 22.9. The third kappa shape index (κ3) is 3.61. The molecular formula is C17H19NO3. The molecule has 0 aliphatic carbocycles. The van der Waals surface area contributed by atoms with Gasteiger partial charge in [-0.25, -0.2) is 0 Å². The normalized spacial score (nSPS) is 13.5. The van der Waals surface area contributed by atoms with Gasteiger partial charge in [0, 0.05) is 0 Å². The third-order valence-corrected chi connectivity index (χ3v) is 3.41. The minimum absolute atomic E-state index is 0.0465. The van der Waals surface area contributed by atoms with Crippen molar-refractivity contribution < 1.29 is 15.0 Å². The van der Waals surface area contributed by atoms with E-state index in [0.717, 1.165) is 0 Å². The van der Waals surface area contributed by atoms with Crippen molar-refractivity contribution in [3.05, 3.63) is 59.7 Å². The summed E-state index contributed by atoms with van der Waals surface area (Å²) >= 11 is 0. The lowest BCUT2D eigenvalue weighted by Gasteiger charge is -2.23. The summed E-state index contributed by atoms with van der Waals surface area (Å²) in [7, 11) is 0. The molecule has 1 atom stereocenters. The van der Waals surface area contributed by atoms with Crippen LogP contribution in [0.5, 0.6) is 5.75 Å². The van der Waals surface area contributed by atoms with E-state index in [4.69, 9.17) is 0 Å². The molecule has 0 spiro atoms. The Morgan fingerprint density at radius 3 is 2.48 bits per heavy atom. The number of rotatable bonds is 4. The average molecular weight is 285 g/mol. The number of carbonyl (C=O) groups is 1. The van der Waals surface area contributed by atoms with Gasteiger partial charge in [-0.05, 0) is 31.0 Å². The number of phenols is 1. The highest BCUT2D eigenvalue weighted by atomic mass is 16.3. The van der Waals surface area contributed by atoms with Crippen molar-refractivity contribution in [1.82, 2.24) is 0 Å². The van der Waals surface area contributed by atoms with Crippen LogP contribution in [-0.4, -0.2) is 16.1 Å². The number of phenolic OH excluding ortho intramolecular Hbond substituents is 1.